The van der Waals surface area contributed by atoms with Gasteiger partial charge in [-0.3, -0.25) is 14.9 Å². The van der Waals surface area contributed by atoms with E-state index >= 15 is 0 Å². The molecule has 0 saturated carbocycles. The molecule has 0 bridgehead atoms. The number of nitro groups is 1. The lowest BCUT2D eigenvalue weighted by atomic mass is 10.3. The molecule has 54 valence electrons. The van der Waals surface area contributed by atoms with Crippen LogP contribution in [0, 0.1) is 10.1 Å². The van der Waals surface area contributed by atoms with Crippen molar-refractivity contribution in [3.8, 4) is 0 Å². The predicted octanol–water partition coefficient (Wildman–Crippen LogP) is 0.922. The topological polar surface area (TPSA) is 60.2 Å². The number of allylic oxidation sites excluding steroid dienone is 3. The normalized spacial score (nSPS) is 10.7. The van der Waals surface area contributed by atoms with Crippen molar-refractivity contribution in [1.82, 2.24) is 0 Å². The van der Waals surface area contributed by atoms with Gasteiger partial charge in [0.15, 0.2) is 0 Å². The van der Waals surface area contributed by atoms with Crippen LogP contribution in [0.25, 0.3) is 0 Å². The van der Waals surface area contributed by atoms with E-state index in [4.69, 9.17) is 0 Å². The van der Waals surface area contributed by atoms with Crippen LogP contribution in [0.5, 0.6) is 0 Å². The first kappa shape index (κ1) is 8.55. The summed E-state index contributed by atoms with van der Waals surface area (Å²) in [6.07, 6.45) is 1.58. The monoisotopic (exact) mass is 141 g/mol. The van der Waals surface area contributed by atoms with Crippen LogP contribution in [-0.2, 0) is 4.79 Å². The van der Waals surface area contributed by atoms with E-state index in [0.29, 0.717) is 6.29 Å². The molecule has 0 heterocycles. The summed E-state index contributed by atoms with van der Waals surface area (Å²) in [6, 6.07) is 0. The van der Waals surface area contributed by atoms with E-state index in [9.17, 15) is 14.9 Å². The maximum Gasteiger partial charge on any atom is 0.243 e. The Morgan fingerprint density at radius 2 is 2.20 bits per heavy atom. The van der Waals surface area contributed by atoms with E-state index in [0.717, 1.165) is 6.08 Å². The Morgan fingerprint density at radius 1 is 1.70 bits per heavy atom. The third-order valence-corrected chi connectivity index (χ3v) is 0.834. The summed E-state index contributed by atoms with van der Waals surface area (Å²) >= 11 is 0. The quantitative estimate of drug-likeness (QED) is 0.193. The van der Waals surface area contributed by atoms with Crippen LogP contribution < -0.4 is 0 Å². The zero-order valence-electron chi connectivity index (χ0n) is 5.53. The Bertz CT molecular complexity index is 205. The minimum atomic E-state index is -0.575. The summed E-state index contributed by atoms with van der Waals surface area (Å²) in [6.45, 7) is 4.55. The summed E-state index contributed by atoms with van der Waals surface area (Å²) in [5.41, 5.74) is 0.0197. The lowest BCUT2D eigenvalue weighted by molar-refractivity contribution is -0.424. The zero-order chi connectivity index (χ0) is 8.15. The second-order valence-corrected chi connectivity index (χ2v) is 1.74. The molecule has 0 aliphatic carbocycles. The number of rotatable bonds is 3. The molecule has 0 aliphatic rings. The highest BCUT2D eigenvalue weighted by molar-refractivity contribution is 5.76. The second-order valence-electron chi connectivity index (χ2n) is 1.74. The second kappa shape index (κ2) is 3.55. The summed E-state index contributed by atoms with van der Waals surface area (Å²) in [5, 5.41) is 9.93. The van der Waals surface area contributed by atoms with Gasteiger partial charge in [-0.25, -0.2) is 0 Å². The summed E-state index contributed by atoms with van der Waals surface area (Å²) in [4.78, 5) is 19.3. The lowest BCUT2D eigenvalue weighted by Gasteiger charge is -1.86. The summed E-state index contributed by atoms with van der Waals surface area (Å²) in [7, 11) is 0. The minimum absolute atomic E-state index is 0.0860. The molecule has 0 unspecified atom stereocenters. The van der Waals surface area contributed by atoms with Crippen LogP contribution in [-0.4, -0.2) is 11.2 Å². The van der Waals surface area contributed by atoms with Gasteiger partial charge >= 0.3 is 0 Å². The predicted molar refractivity (Wildman–Crippen MR) is 36.0 cm³/mol. The van der Waals surface area contributed by atoms with Crippen molar-refractivity contribution in [2.75, 3.05) is 0 Å². The van der Waals surface area contributed by atoms with Crippen molar-refractivity contribution in [2.45, 2.75) is 6.92 Å². The Kier molecular flexibility index (Phi) is 3.04. The SMILES string of the molecule is C=C(C=O)/C=C(\C)[N+](=O)[O-]. The van der Waals surface area contributed by atoms with Crippen molar-refractivity contribution < 1.29 is 9.72 Å². The largest absolute Gasteiger partial charge is 0.298 e. The third kappa shape index (κ3) is 2.76. The molecule has 0 radical (unpaired) electrons. The van der Waals surface area contributed by atoms with E-state index in [-0.39, 0.29) is 11.3 Å². The molecular weight excluding hydrogens is 134 g/mol. The molecular formula is C6H7NO3. The zero-order valence-corrected chi connectivity index (χ0v) is 5.53. The molecule has 0 fully saturated rings. The molecule has 0 aromatic rings. The van der Waals surface area contributed by atoms with Crippen LogP contribution in [0.15, 0.2) is 23.9 Å². The first-order valence-electron chi connectivity index (χ1n) is 2.54. The van der Waals surface area contributed by atoms with Gasteiger partial charge in [0.1, 0.15) is 6.29 Å². The highest BCUT2D eigenvalue weighted by Crippen LogP contribution is 1.97. The Hall–Kier alpha value is -1.45. The minimum Gasteiger partial charge on any atom is -0.298 e. The first-order valence-corrected chi connectivity index (χ1v) is 2.54. The molecule has 0 aromatic carbocycles. The molecule has 4 heteroatoms. The Labute approximate surface area is 58.0 Å². The fraction of sp³-hybridized carbons (Fsp3) is 0.167. The first-order chi connectivity index (χ1) is 4.57. The average molecular weight is 141 g/mol. The van der Waals surface area contributed by atoms with Crippen LogP contribution in [0.2, 0.25) is 0 Å². The highest BCUT2D eigenvalue weighted by Gasteiger charge is 2.00. The average Bonchev–Trinajstić information content (AvgIpc) is 1.87. The van der Waals surface area contributed by atoms with Crippen LogP contribution in [0.3, 0.4) is 0 Å². The highest BCUT2D eigenvalue weighted by atomic mass is 16.6. The van der Waals surface area contributed by atoms with Crippen molar-refractivity contribution in [2.24, 2.45) is 0 Å². The molecule has 0 amide bonds. The van der Waals surface area contributed by atoms with Crippen molar-refractivity contribution in [3.63, 3.8) is 0 Å². The van der Waals surface area contributed by atoms with Crippen LogP contribution >= 0.6 is 0 Å². The number of nitrogens with zero attached hydrogens (tertiary/aromatic N) is 1. The molecule has 0 spiro atoms. The van der Waals surface area contributed by atoms with Gasteiger partial charge in [0.25, 0.3) is 0 Å². The van der Waals surface area contributed by atoms with Crippen molar-refractivity contribution in [3.05, 3.63) is 34.0 Å². The molecule has 10 heavy (non-hydrogen) atoms. The van der Waals surface area contributed by atoms with Gasteiger partial charge in [-0.2, -0.15) is 0 Å². The van der Waals surface area contributed by atoms with Gasteiger partial charge in [0, 0.05) is 18.6 Å². The van der Waals surface area contributed by atoms with E-state index in [1.54, 1.807) is 0 Å². The Balaban J connectivity index is 4.30. The fourth-order valence-electron chi connectivity index (χ4n) is 0.355. The van der Waals surface area contributed by atoms with Crippen LogP contribution in [0.4, 0.5) is 0 Å². The number of aldehydes is 1. The Morgan fingerprint density at radius 3 is 2.50 bits per heavy atom. The van der Waals surface area contributed by atoms with E-state index in [1.807, 2.05) is 0 Å². The molecule has 0 N–H and O–H groups in total. The number of carbonyl (C=O) groups is 1. The lowest BCUT2D eigenvalue weighted by Crippen LogP contribution is -1.94. The van der Waals surface area contributed by atoms with Gasteiger partial charge < -0.3 is 0 Å². The molecule has 0 atom stereocenters. The van der Waals surface area contributed by atoms with Gasteiger partial charge in [0.05, 0.1) is 4.92 Å². The molecule has 0 saturated heterocycles. The van der Waals surface area contributed by atoms with Crippen molar-refractivity contribution in [1.29, 1.82) is 0 Å². The van der Waals surface area contributed by atoms with Crippen molar-refractivity contribution >= 4 is 6.29 Å². The standard InChI is InChI=1S/C6H7NO3/c1-5(4-8)3-6(2)7(9)10/h3-4H,1H2,2H3/b6-3+. The van der Waals surface area contributed by atoms with E-state index < -0.39 is 4.92 Å². The summed E-state index contributed by atoms with van der Waals surface area (Å²) < 4.78 is 0. The van der Waals surface area contributed by atoms with Gasteiger partial charge in [-0.05, 0) is 0 Å². The maximum atomic E-state index is 9.93. The van der Waals surface area contributed by atoms with E-state index in [1.165, 1.54) is 6.92 Å². The smallest absolute Gasteiger partial charge is 0.243 e. The van der Waals surface area contributed by atoms with Gasteiger partial charge in [-0.1, -0.05) is 6.58 Å². The third-order valence-electron chi connectivity index (χ3n) is 0.834. The molecule has 0 rings (SSSR count). The summed E-state index contributed by atoms with van der Waals surface area (Å²) in [5.74, 6) is 0. The fourth-order valence-corrected chi connectivity index (χ4v) is 0.355. The van der Waals surface area contributed by atoms with Gasteiger partial charge in [-0.15, -0.1) is 0 Å². The maximum absolute atomic E-state index is 9.93. The molecule has 4 nitrogen and oxygen atoms in total. The van der Waals surface area contributed by atoms with E-state index in [2.05, 4.69) is 6.58 Å². The number of hydrogen-bond donors (Lipinski definition) is 0. The number of hydrogen-bond acceptors (Lipinski definition) is 3. The number of carbonyl (C=O) groups excluding carboxylic acids is 1. The van der Waals surface area contributed by atoms with Gasteiger partial charge in [0.2, 0.25) is 5.70 Å². The molecule has 0 aliphatic heterocycles. The molecule has 0 aromatic heterocycles. The van der Waals surface area contributed by atoms with Crippen LogP contribution in [0.1, 0.15) is 6.92 Å².